The summed E-state index contributed by atoms with van der Waals surface area (Å²) in [7, 11) is 0. The van der Waals surface area contributed by atoms with Crippen LogP contribution in [0, 0.1) is 11.8 Å². The summed E-state index contributed by atoms with van der Waals surface area (Å²) in [6.45, 7) is 1.17. The Hall–Kier alpha value is -4.24. The molecule has 6 heteroatoms. The predicted molar refractivity (Wildman–Crippen MR) is 123 cm³/mol. The van der Waals surface area contributed by atoms with Gasteiger partial charge in [0.05, 0.1) is 19.1 Å². The highest BCUT2D eigenvalue weighted by atomic mass is 16.6. The van der Waals surface area contributed by atoms with Crippen LogP contribution in [0.4, 0.5) is 15.3 Å². The van der Waals surface area contributed by atoms with Crippen molar-refractivity contribution in [2.24, 2.45) is 0 Å². The standard InChI is InChI=1S/C26H23N3O3/c30-25(28-24(21-9-3-1-4-10-21)22-11-5-2-6-12-22)27-17-7-8-20-13-15-23(16-14-20)29-18-19-32-26(29)31/h1-6,9-16,24H,17-19H2,(H2,27,28,30). The van der Waals surface area contributed by atoms with Gasteiger partial charge in [-0.2, -0.15) is 0 Å². The van der Waals surface area contributed by atoms with E-state index in [1.165, 1.54) is 0 Å². The minimum Gasteiger partial charge on any atom is -0.447 e. The number of nitrogens with one attached hydrogen (secondary N) is 2. The van der Waals surface area contributed by atoms with E-state index in [9.17, 15) is 9.59 Å². The van der Waals surface area contributed by atoms with E-state index < -0.39 is 0 Å². The molecule has 1 aliphatic heterocycles. The van der Waals surface area contributed by atoms with E-state index in [4.69, 9.17) is 4.74 Å². The zero-order valence-electron chi connectivity index (χ0n) is 17.5. The summed E-state index contributed by atoms with van der Waals surface area (Å²) in [4.78, 5) is 25.7. The van der Waals surface area contributed by atoms with Gasteiger partial charge >= 0.3 is 12.1 Å². The van der Waals surface area contributed by atoms with Crippen LogP contribution in [-0.4, -0.2) is 31.8 Å². The van der Waals surface area contributed by atoms with Crippen LogP contribution in [0.25, 0.3) is 0 Å². The molecular weight excluding hydrogens is 402 g/mol. The molecule has 0 aromatic heterocycles. The SMILES string of the molecule is O=C(NCC#Cc1ccc(N2CCOC2=O)cc1)NC(c1ccccc1)c1ccccc1. The minimum absolute atomic E-state index is 0.211. The Bertz CT molecular complexity index is 1080. The maximum Gasteiger partial charge on any atom is 0.414 e. The number of amides is 3. The van der Waals surface area contributed by atoms with Gasteiger partial charge in [-0.25, -0.2) is 9.59 Å². The number of hydrogen-bond donors (Lipinski definition) is 2. The first-order valence-electron chi connectivity index (χ1n) is 10.4. The first-order chi connectivity index (χ1) is 15.7. The van der Waals surface area contributed by atoms with Gasteiger partial charge in [0.15, 0.2) is 0 Å². The largest absolute Gasteiger partial charge is 0.447 e. The van der Waals surface area contributed by atoms with E-state index in [0.29, 0.717) is 13.2 Å². The summed E-state index contributed by atoms with van der Waals surface area (Å²) in [5.74, 6) is 5.97. The minimum atomic E-state index is -0.330. The van der Waals surface area contributed by atoms with Gasteiger partial charge in [-0.05, 0) is 35.4 Å². The van der Waals surface area contributed by atoms with E-state index in [1.807, 2.05) is 84.9 Å². The molecule has 0 aliphatic carbocycles. The van der Waals surface area contributed by atoms with Crippen molar-refractivity contribution >= 4 is 17.8 Å². The third-order valence-corrected chi connectivity index (χ3v) is 5.05. The molecule has 160 valence electrons. The van der Waals surface area contributed by atoms with Crippen LogP contribution in [-0.2, 0) is 4.74 Å². The monoisotopic (exact) mass is 425 g/mol. The molecule has 0 unspecified atom stereocenters. The second kappa shape index (κ2) is 10.2. The van der Waals surface area contributed by atoms with Gasteiger partial charge < -0.3 is 15.4 Å². The molecule has 4 rings (SSSR count). The molecule has 3 aromatic rings. The zero-order chi connectivity index (χ0) is 22.2. The molecule has 3 amide bonds. The normalized spacial score (nSPS) is 12.7. The van der Waals surface area contributed by atoms with Gasteiger partial charge in [0.1, 0.15) is 6.61 Å². The van der Waals surface area contributed by atoms with Crippen molar-refractivity contribution in [1.82, 2.24) is 10.6 Å². The van der Waals surface area contributed by atoms with Crippen LogP contribution in [0.1, 0.15) is 22.7 Å². The van der Waals surface area contributed by atoms with Crippen LogP contribution in [0.15, 0.2) is 84.9 Å². The average Bonchev–Trinajstić information content (AvgIpc) is 3.27. The Balaban J connectivity index is 1.34. The Morgan fingerprint density at radius 1 is 0.938 bits per heavy atom. The van der Waals surface area contributed by atoms with Gasteiger partial charge in [0.25, 0.3) is 0 Å². The molecule has 0 spiro atoms. The van der Waals surface area contributed by atoms with Crippen molar-refractivity contribution in [2.45, 2.75) is 6.04 Å². The van der Waals surface area contributed by atoms with Crippen molar-refractivity contribution in [3.8, 4) is 11.8 Å². The highest BCUT2D eigenvalue weighted by Gasteiger charge is 2.23. The first kappa shape index (κ1) is 21.0. The molecule has 0 bridgehead atoms. The number of anilines is 1. The van der Waals surface area contributed by atoms with Crippen LogP contribution in [0.2, 0.25) is 0 Å². The average molecular weight is 425 g/mol. The fourth-order valence-corrected chi connectivity index (χ4v) is 3.46. The van der Waals surface area contributed by atoms with Crippen LogP contribution in [0.5, 0.6) is 0 Å². The summed E-state index contributed by atoms with van der Waals surface area (Å²) in [5.41, 5.74) is 3.59. The zero-order valence-corrected chi connectivity index (χ0v) is 17.5. The second-order valence-electron chi connectivity index (χ2n) is 7.20. The number of urea groups is 1. The highest BCUT2D eigenvalue weighted by molar-refractivity contribution is 5.89. The van der Waals surface area contributed by atoms with Crippen LogP contribution >= 0.6 is 0 Å². The van der Waals surface area contributed by atoms with Crippen molar-refractivity contribution in [3.63, 3.8) is 0 Å². The highest BCUT2D eigenvalue weighted by Crippen LogP contribution is 2.21. The number of carbonyl (C=O) groups is 2. The molecule has 0 radical (unpaired) electrons. The van der Waals surface area contributed by atoms with Gasteiger partial charge in [-0.15, -0.1) is 0 Å². The lowest BCUT2D eigenvalue weighted by atomic mass is 9.99. The number of nitrogens with zero attached hydrogens (tertiary/aromatic N) is 1. The fraction of sp³-hybridized carbons (Fsp3) is 0.154. The smallest absolute Gasteiger partial charge is 0.414 e. The van der Waals surface area contributed by atoms with E-state index >= 15 is 0 Å². The topological polar surface area (TPSA) is 70.7 Å². The molecule has 1 fully saturated rings. The number of hydrogen-bond acceptors (Lipinski definition) is 3. The molecule has 1 saturated heterocycles. The summed E-state index contributed by atoms with van der Waals surface area (Å²) in [5, 5.41) is 5.82. The lowest BCUT2D eigenvalue weighted by molar-refractivity contribution is 0.181. The molecule has 1 aliphatic rings. The quantitative estimate of drug-likeness (QED) is 0.605. The summed E-state index contributed by atoms with van der Waals surface area (Å²) in [6.07, 6.45) is -0.330. The predicted octanol–water partition coefficient (Wildman–Crippen LogP) is 4.08. The summed E-state index contributed by atoms with van der Waals surface area (Å²) >= 11 is 0. The lowest BCUT2D eigenvalue weighted by Crippen LogP contribution is -2.38. The second-order valence-corrected chi connectivity index (χ2v) is 7.20. The van der Waals surface area contributed by atoms with E-state index in [0.717, 1.165) is 22.4 Å². The van der Waals surface area contributed by atoms with Gasteiger partial charge in [-0.1, -0.05) is 72.5 Å². The van der Waals surface area contributed by atoms with Gasteiger partial charge in [0.2, 0.25) is 0 Å². The molecule has 6 nitrogen and oxygen atoms in total. The van der Waals surface area contributed by atoms with Crippen molar-refractivity contribution < 1.29 is 14.3 Å². The summed E-state index contributed by atoms with van der Waals surface area (Å²) in [6, 6.07) is 26.5. The Kier molecular flexibility index (Phi) is 6.69. The molecule has 3 aromatic carbocycles. The molecule has 1 heterocycles. The van der Waals surface area contributed by atoms with Crippen molar-refractivity contribution in [3.05, 3.63) is 102 Å². The van der Waals surface area contributed by atoms with E-state index in [-0.39, 0.29) is 24.7 Å². The Morgan fingerprint density at radius 3 is 2.12 bits per heavy atom. The van der Waals surface area contributed by atoms with E-state index in [1.54, 1.807) is 4.90 Å². The van der Waals surface area contributed by atoms with Crippen molar-refractivity contribution in [1.29, 1.82) is 0 Å². The Morgan fingerprint density at radius 2 is 1.56 bits per heavy atom. The maximum atomic E-state index is 12.5. The molecule has 2 N–H and O–H groups in total. The van der Waals surface area contributed by atoms with Gasteiger partial charge in [0, 0.05) is 11.3 Å². The van der Waals surface area contributed by atoms with E-state index in [2.05, 4.69) is 22.5 Å². The number of benzene rings is 3. The van der Waals surface area contributed by atoms with Crippen LogP contribution < -0.4 is 15.5 Å². The van der Waals surface area contributed by atoms with Crippen LogP contribution in [0.3, 0.4) is 0 Å². The third kappa shape index (κ3) is 5.27. The fourth-order valence-electron chi connectivity index (χ4n) is 3.46. The third-order valence-electron chi connectivity index (χ3n) is 5.05. The molecule has 0 saturated carbocycles. The number of ether oxygens (including phenoxy) is 1. The summed E-state index contributed by atoms with van der Waals surface area (Å²) < 4.78 is 4.95. The maximum absolute atomic E-state index is 12.5. The lowest BCUT2D eigenvalue weighted by Gasteiger charge is -2.19. The number of carbonyl (C=O) groups excluding carboxylic acids is 2. The first-order valence-corrected chi connectivity index (χ1v) is 10.4. The number of rotatable bonds is 5. The number of cyclic esters (lactones) is 1. The van der Waals surface area contributed by atoms with Gasteiger partial charge in [-0.3, -0.25) is 4.90 Å². The molecular formula is C26H23N3O3. The Labute approximate surface area is 187 Å². The molecule has 0 atom stereocenters. The molecule has 32 heavy (non-hydrogen) atoms. The van der Waals surface area contributed by atoms with Crippen molar-refractivity contribution in [2.75, 3.05) is 24.6 Å².